The van der Waals surface area contributed by atoms with Crippen molar-refractivity contribution in [3.05, 3.63) is 40.2 Å². The van der Waals surface area contributed by atoms with Crippen molar-refractivity contribution in [2.45, 2.75) is 38.4 Å². The van der Waals surface area contributed by atoms with Gasteiger partial charge in [-0.2, -0.15) is 13.2 Å². The second kappa shape index (κ2) is 7.87. The summed E-state index contributed by atoms with van der Waals surface area (Å²) >= 11 is 0.537. The van der Waals surface area contributed by atoms with Crippen LogP contribution < -0.4 is 5.32 Å². The fraction of sp³-hybridized carbons (Fsp3) is 0.529. The summed E-state index contributed by atoms with van der Waals surface area (Å²) in [7, 11) is 0. The number of benzene rings is 1. The number of halogens is 4. The van der Waals surface area contributed by atoms with Crippen molar-refractivity contribution >= 4 is 16.5 Å². The highest BCUT2D eigenvalue weighted by molar-refractivity contribution is 7.15. The molecule has 9 heteroatoms. The van der Waals surface area contributed by atoms with E-state index in [0.29, 0.717) is 16.9 Å². The van der Waals surface area contributed by atoms with Gasteiger partial charge in [-0.3, -0.25) is 0 Å². The van der Waals surface area contributed by atoms with E-state index in [1.54, 1.807) is 19.1 Å². The van der Waals surface area contributed by atoms with Crippen molar-refractivity contribution < 1.29 is 17.6 Å². The summed E-state index contributed by atoms with van der Waals surface area (Å²) in [5.41, 5.74) is 1.62. The zero-order chi connectivity index (χ0) is 18.7. The molecule has 1 N–H and O–H groups in total. The molecule has 1 aromatic heterocycles. The van der Waals surface area contributed by atoms with E-state index in [-0.39, 0.29) is 17.0 Å². The first-order valence-electron chi connectivity index (χ1n) is 8.46. The number of piperidine rings is 1. The molecule has 1 fully saturated rings. The Balaban J connectivity index is 1.44. The van der Waals surface area contributed by atoms with Crippen LogP contribution >= 0.6 is 11.3 Å². The lowest BCUT2D eigenvalue weighted by molar-refractivity contribution is -0.138. The average Bonchev–Trinajstić information content (AvgIpc) is 3.06. The third kappa shape index (κ3) is 4.91. The van der Waals surface area contributed by atoms with Crippen LogP contribution in [0, 0.1) is 12.7 Å². The molecule has 0 radical (unpaired) electrons. The minimum atomic E-state index is -4.45. The molecule has 3 rings (SSSR count). The van der Waals surface area contributed by atoms with Crippen LogP contribution in [0.25, 0.3) is 0 Å². The summed E-state index contributed by atoms with van der Waals surface area (Å²) in [6.45, 7) is 4.27. The summed E-state index contributed by atoms with van der Waals surface area (Å²) < 4.78 is 51.2. The maximum Gasteiger partial charge on any atom is 0.445 e. The molecule has 1 saturated heterocycles. The Morgan fingerprint density at radius 1 is 1.23 bits per heavy atom. The minimum Gasteiger partial charge on any atom is -0.357 e. The molecule has 1 aliphatic heterocycles. The van der Waals surface area contributed by atoms with Crippen LogP contribution in [0.15, 0.2) is 18.2 Å². The molecule has 142 valence electrons. The number of likely N-dealkylation sites (tertiary alicyclic amines) is 1. The topological polar surface area (TPSA) is 41.0 Å². The molecule has 26 heavy (non-hydrogen) atoms. The fourth-order valence-electron chi connectivity index (χ4n) is 2.95. The van der Waals surface area contributed by atoms with Gasteiger partial charge in [-0.15, -0.1) is 10.2 Å². The van der Waals surface area contributed by atoms with Gasteiger partial charge in [-0.05, 0) is 43.4 Å². The zero-order valence-electron chi connectivity index (χ0n) is 14.3. The maximum absolute atomic E-state index is 13.6. The van der Waals surface area contributed by atoms with E-state index in [1.807, 2.05) is 6.07 Å². The zero-order valence-corrected chi connectivity index (χ0v) is 15.1. The van der Waals surface area contributed by atoms with Crippen molar-refractivity contribution in [2.24, 2.45) is 0 Å². The van der Waals surface area contributed by atoms with Gasteiger partial charge < -0.3 is 10.2 Å². The Labute approximate surface area is 153 Å². The summed E-state index contributed by atoms with van der Waals surface area (Å²) in [4.78, 5) is 2.29. The van der Waals surface area contributed by atoms with Crippen LogP contribution in [0.4, 0.5) is 22.7 Å². The van der Waals surface area contributed by atoms with Gasteiger partial charge in [0.25, 0.3) is 0 Å². The molecule has 2 aromatic rings. The number of anilines is 1. The number of hydrogen-bond donors (Lipinski definition) is 1. The number of nitrogens with one attached hydrogen (secondary N) is 1. The van der Waals surface area contributed by atoms with Gasteiger partial charge in [0.1, 0.15) is 5.82 Å². The van der Waals surface area contributed by atoms with E-state index in [0.717, 1.165) is 44.5 Å². The second-order valence-corrected chi connectivity index (χ2v) is 7.48. The lowest BCUT2D eigenvalue weighted by Gasteiger charge is -2.32. The largest absolute Gasteiger partial charge is 0.445 e. The number of alkyl halides is 3. The molecule has 0 atom stereocenters. The monoisotopic (exact) mass is 388 g/mol. The molecule has 0 aliphatic carbocycles. The molecule has 2 heterocycles. The third-order valence-corrected chi connectivity index (χ3v) is 5.43. The summed E-state index contributed by atoms with van der Waals surface area (Å²) in [5.74, 6) is -0.180. The molecule has 1 aromatic carbocycles. The quantitative estimate of drug-likeness (QED) is 0.783. The average molecular weight is 388 g/mol. The minimum absolute atomic E-state index is 0.0945. The molecule has 4 nitrogen and oxygen atoms in total. The maximum atomic E-state index is 13.6. The van der Waals surface area contributed by atoms with E-state index in [2.05, 4.69) is 20.4 Å². The first-order valence-corrected chi connectivity index (χ1v) is 9.27. The summed E-state index contributed by atoms with van der Waals surface area (Å²) in [5, 5.41) is 9.10. The fourth-order valence-corrected chi connectivity index (χ4v) is 3.64. The molecule has 1 aliphatic rings. The smallest absolute Gasteiger partial charge is 0.357 e. The number of aryl methyl sites for hydroxylation is 1. The first-order chi connectivity index (χ1) is 12.3. The lowest BCUT2D eigenvalue weighted by atomic mass is 10.0. The number of rotatable bonds is 5. The second-order valence-electron chi connectivity index (χ2n) is 6.50. The highest BCUT2D eigenvalue weighted by atomic mass is 32.1. The standard InChI is InChI=1S/C17H20F4N4S/c1-11-2-3-12(10-14(11)18)4-7-25-8-5-13(6-9-25)22-16-24-23-15(26-16)17(19,20)21/h2-3,10,13H,4-9H2,1H3,(H,22,24). The van der Waals surface area contributed by atoms with E-state index in [1.165, 1.54) is 0 Å². The van der Waals surface area contributed by atoms with Gasteiger partial charge in [-0.25, -0.2) is 4.39 Å². The normalized spacial score (nSPS) is 16.8. The molecular weight excluding hydrogens is 368 g/mol. The lowest BCUT2D eigenvalue weighted by Crippen LogP contribution is -2.40. The van der Waals surface area contributed by atoms with Gasteiger partial charge in [0.2, 0.25) is 10.1 Å². The molecule has 0 amide bonds. The molecule has 0 bridgehead atoms. The Bertz CT molecular complexity index is 739. The Kier molecular flexibility index (Phi) is 5.76. The van der Waals surface area contributed by atoms with E-state index < -0.39 is 11.2 Å². The number of hydrogen-bond acceptors (Lipinski definition) is 5. The predicted molar refractivity (Wildman–Crippen MR) is 92.8 cm³/mol. The van der Waals surface area contributed by atoms with Gasteiger partial charge in [0.15, 0.2) is 0 Å². The van der Waals surface area contributed by atoms with Crippen molar-refractivity contribution in [3.63, 3.8) is 0 Å². The van der Waals surface area contributed by atoms with Crippen molar-refractivity contribution in [1.82, 2.24) is 15.1 Å². The predicted octanol–water partition coefficient (Wildman–Crippen LogP) is 4.12. The van der Waals surface area contributed by atoms with Crippen LogP contribution in [0.5, 0.6) is 0 Å². The van der Waals surface area contributed by atoms with Gasteiger partial charge in [0.05, 0.1) is 0 Å². The molecular formula is C17H20F4N4S. The van der Waals surface area contributed by atoms with Gasteiger partial charge in [-0.1, -0.05) is 23.5 Å². The Hall–Kier alpha value is -1.74. The van der Waals surface area contributed by atoms with Crippen LogP contribution in [0.1, 0.15) is 29.0 Å². The van der Waals surface area contributed by atoms with Crippen LogP contribution in [-0.4, -0.2) is 40.8 Å². The van der Waals surface area contributed by atoms with Gasteiger partial charge in [0, 0.05) is 25.7 Å². The van der Waals surface area contributed by atoms with Crippen molar-refractivity contribution in [2.75, 3.05) is 25.0 Å². The van der Waals surface area contributed by atoms with Crippen LogP contribution in [0.3, 0.4) is 0 Å². The summed E-state index contributed by atoms with van der Waals surface area (Å²) in [6, 6.07) is 5.41. The molecule has 0 spiro atoms. The number of aromatic nitrogens is 2. The van der Waals surface area contributed by atoms with Crippen molar-refractivity contribution in [1.29, 1.82) is 0 Å². The van der Waals surface area contributed by atoms with Crippen LogP contribution in [0.2, 0.25) is 0 Å². The summed E-state index contributed by atoms with van der Waals surface area (Å²) in [6.07, 6.45) is -2.02. The highest BCUT2D eigenvalue weighted by Gasteiger charge is 2.36. The van der Waals surface area contributed by atoms with Gasteiger partial charge >= 0.3 is 6.18 Å². The third-order valence-electron chi connectivity index (χ3n) is 4.54. The van der Waals surface area contributed by atoms with E-state index >= 15 is 0 Å². The van der Waals surface area contributed by atoms with Crippen LogP contribution in [-0.2, 0) is 12.6 Å². The SMILES string of the molecule is Cc1ccc(CCN2CCC(Nc3nnc(C(F)(F)F)s3)CC2)cc1F. The Morgan fingerprint density at radius 2 is 1.96 bits per heavy atom. The number of nitrogens with zero attached hydrogens (tertiary/aromatic N) is 3. The molecule has 0 unspecified atom stereocenters. The highest BCUT2D eigenvalue weighted by Crippen LogP contribution is 2.33. The first kappa shape index (κ1) is 19.0. The van der Waals surface area contributed by atoms with E-state index in [9.17, 15) is 17.6 Å². The molecule has 0 saturated carbocycles. The Morgan fingerprint density at radius 3 is 2.58 bits per heavy atom. The van der Waals surface area contributed by atoms with Crippen molar-refractivity contribution in [3.8, 4) is 0 Å². The van der Waals surface area contributed by atoms with E-state index in [4.69, 9.17) is 0 Å².